The fourth-order valence-electron chi connectivity index (χ4n) is 3.65. The van der Waals surface area contributed by atoms with Crippen LogP contribution >= 0.6 is 11.8 Å². The Morgan fingerprint density at radius 3 is 2.79 bits per heavy atom. The van der Waals surface area contributed by atoms with E-state index in [-0.39, 0.29) is 0 Å². The van der Waals surface area contributed by atoms with E-state index in [2.05, 4.69) is 43.8 Å². The number of aromatic nitrogens is 3. The van der Waals surface area contributed by atoms with Gasteiger partial charge in [0, 0.05) is 49.6 Å². The molecule has 2 aromatic heterocycles. The Labute approximate surface area is 147 Å². The molecule has 2 aromatic rings. The Kier molecular flexibility index (Phi) is 4.56. The van der Waals surface area contributed by atoms with E-state index in [4.69, 9.17) is 0 Å². The van der Waals surface area contributed by atoms with Crippen LogP contribution in [0.5, 0.6) is 0 Å². The zero-order valence-corrected chi connectivity index (χ0v) is 14.8. The minimum Gasteiger partial charge on any atom is -0.355 e. The minimum atomic E-state index is 0.355. The van der Waals surface area contributed by atoms with E-state index >= 15 is 0 Å². The number of rotatable bonds is 3. The first-order valence-corrected chi connectivity index (χ1v) is 9.78. The van der Waals surface area contributed by atoms with Crippen molar-refractivity contribution >= 4 is 23.4 Å². The van der Waals surface area contributed by atoms with Crippen LogP contribution in [0.1, 0.15) is 24.9 Å². The molecular formula is C18H23N5S. The molecule has 4 heterocycles. The fourth-order valence-corrected chi connectivity index (χ4v) is 4.55. The molecule has 0 unspecified atom stereocenters. The van der Waals surface area contributed by atoms with Crippen molar-refractivity contribution in [3.63, 3.8) is 0 Å². The number of nitrogens with zero attached hydrogens (tertiary/aromatic N) is 5. The summed E-state index contributed by atoms with van der Waals surface area (Å²) in [4.78, 5) is 18.2. The molecule has 126 valence electrons. The van der Waals surface area contributed by atoms with Gasteiger partial charge in [-0.25, -0.2) is 9.97 Å². The first kappa shape index (κ1) is 15.7. The standard InChI is InChI=1S/C18H23N5S/c1-14-9-16(15-3-2-4-19-11-15)23(12-14)18-10-17(20-13-21-18)22-5-7-24-8-6-22/h2-4,10-11,13-14,16H,5-9,12H2,1H3/t14-,16-/m0/s1. The van der Waals surface area contributed by atoms with E-state index in [1.165, 1.54) is 17.1 Å². The zero-order valence-electron chi connectivity index (χ0n) is 14.0. The van der Waals surface area contributed by atoms with E-state index < -0.39 is 0 Å². The Morgan fingerprint density at radius 2 is 2.00 bits per heavy atom. The highest BCUT2D eigenvalue weighted by Gasteiger charge is 2.32. The van der Waals surface area contributed by atoms with Crippen LogP contribution in [0.4, 0.5) is 11.6 Å². The molecule has 2 fully saturated rings. The third-order valence-corrected chi connectivity index (χ3v) is 5.79. The lowest BCUT2D eigenvalue weighted by Gasteiger charge is -2.30. The maximum Gasteiger partial charge on any atom is 0.134 e. The molecule has 6 heteroatoms. The van der Waals surface area contributed by atoms with Crippen molar-refractivity contribution in [2.45, 2.75) is 19.4 Å². The molecule has 5 nitrogen and oxygen atoms in total. The molecule has 4 rings (SSSR count). The van der Waals surface area contributed by atoms with Gasteiger partial charge in [0.05, 0.1) is 6.04 Å². The summed E-state index contributed by atoms with van der Waals surface area (Å²) in [6.07, 6.45) is 6.68. The van der Waals surface area contributed by atoms with Crippen LogP contribution in [0.3, 0.4) is 0 Å². The number of thioether (sulfide) groups is 1. The second-order valence-corrected chi connectivity index (χ2v) is 7.85. The molecule has 0 amide bonds. The molecule has 2 aliphatic rings. The van der Waals surface area contributed by atoms with Crippen molar-refractivity contribution in [3.05, 3.63) is 42.5 Å². The summed E-state index contributed by atoms with van der Waals surface area (Å²) in [5.74, 6) is 5.11. The number of pyridine rings is 1. The van der Waals surface area contributed by atoms with Crippen molar-refractivity contribution in [2.24, 2.45) is 5.92 Å². The molecule has 0 aromatic carbocycles. The van der Waals surface area contributed by atoms with Crippen LogP contribution in [0.15, 0.2) is 36.9 Å². The molecular weight excluding hydrogens is 318 g/mol. The van der Waals surface area contributed by atoms with Gasteiger partial charge in [0.1, 0.15) is 18.0 Å². The van der Waals surface area contributed by atoms with Gasteiger partial charge in [-0.05, 0) is 24.0 Å². The Hall–Kier alpha value is -1.82. The average molecular weight is 341 g/mol. The van der Waals surface area contributed by atoms with E-state index in [0.29, 0.717) is 12.0 Å². The summed E-state index contributed by atoms with van der Waals surface area (Å²) >= 11 is 2.02. The number of hydrogen-bond donors (Lipinski definition) is 0. The normalized spacial score (nSPS) is 24.4. The van der Waals surface area contributed by atoms with Crippen molar-refractivity contribution in [1.29, 1.82) is 0 Å². The van der Waals surface area contributed by atoms with E-state index in [9.17, 15) is 0 Å². The molecule has 0 spiro atoms. The molecule has 0 aliphatic carbocycles. The second kappa shape index (κ2) is 6.97. The maximum absolute atomic E-state index is 4.59. The van der Waals surface area contributed by atoms with Crippen molar-refractivity contribution in [2.75, 3.05) is 40.9 Å². The first-order chi connectivity index (χ1) is 11.8. The molecule has 2 atom stereocenters. The molecule has 0 N–H and O–H groups in total. The SMILES string of the molecule is C[C@H]1C[C@@H](c2cccnc2)N(c2cc(N3CCSCC3)ncn2)C1. The Morgan fingerprint density at radius 1 is 1.17 bits per heavy atom. The first-order valence-electron chi connectivity index (χ1n) is 8.62. The monoisotopic (exact) mass is 341 g/mol. The van der Waals surface area contributed by atoms with Gasteiger partial charge >= 0.3 is 0 Å². The summed E-state index contributed by atoms with van der Waals surface area (Å²) in [6.45, 7) is 5.49. The van der Waals surface area contributed by atoms with Crippen molar-refractivity contribution in [1.82, 2.24) is 15.0 Å². The predicted octanol–water partition coefficient (Wildman–Crippen LogP) is 3.01. The van der Waals surface area contributed by atoms with Crippen LogP contribution < -0.4 is 9.80 Å². The van der Waals surface area contributed by atoms with Gasteiger partial charge in [0.15, 0.2) is 0 Å². The van der Waals surface area contributed by atoms with Crippen molar-refractivity contribution < 1.29 is 0 Å². The summed E-state index contributed by atoms with van der Waals surface area (Å²) < 4.78 is 0. The average Bonchev–Trinajstić information content (AvgIpc) is 3.05. The van der Waals surface area contributed by atoms with Gasteiger partial charge in [0.25, 0.3) is 0 Å². The summed E-state index contributed by atoms with van der Waals surface area (Å²) in [7, 11) is 0. The molecule has 0 radical (unpaired) electrons. The predicted molar refractivity (Wildman–Crippen MR) is 99.7 cm³/mol. The lowest BCUT2D eigenvalue weighted by Crippen LogP contribution is -2.33. The molecule has 0 saturated carbocycles. The fraction of sp³-hybridized carbons (Fsp3) is 0.500. The number of anilines is 2. The van der Waals surface area contributed by atoms with Crippen LogP contribution in [-0.4, -0.2) is 46.1 Å². The third kappa shape index (κ3) is 3.20. The minimum absolute atomic E-state index is 0.355. The van der Waals surface area contributed by atoms with Crippen LogP contribution in [0.2, 0.25) is 0 Å². The highest BCUT2D eigenvalue weighted by molar-refractivity contribution is 7.99. The largest absolute Gasteiger partial charge is 0.355 e. The van der Waals surface area contributed by atoms with Gasteiger partial charge in [-0.15, -0.1) is 0 Å². The molecule has 0 bridgehead atoms. The summed E-state index contributed by atoms with van der Waals surface area (Å²) in [6, 6.07) is 6.71. The quantitative estimate of drug-likeness (QED) is 0.855. The van der Waals surface area contributed by atoms with Crippen molar-refractivity contribution in [3.8, 4) is 0 Å². The topological polar surface area (TPSA) is 45.2 Å². The molecule has 24 heavy (non-hydrogen) atoms. The smallest absolute Gasteiger partial charge is 0.134 e. The van der Waals surface area contributed by atoms with E-state index in [1.54, 1.807) is 6.33 Å². The van der Waals surface area contributed by atoms with Crippen LogP contribution in [0.25, 0.3) is 0 Å². The summed E-state index contributed by atoms with van der Waals surface area (Å²) in [5.41, 5.74) is 1.27. The lowest BCUT2D eigenvalue weighted by molar-refractivity contribution is 0.617. The van der Waals surface area contributed by atoms with Gasteiger partial charge < -0.3 is 9.80 Å². The second-order valence-electron chi connectivity index (χ2n) is 6.63. The van der Waals surface area contributed by atoms with Gasteiger partial charge in [0.2, 0.25) is 0 Å². The Balaban J connectivity index is 1.61. The zero-order chi connectivity index (χ0) is 16.4. The number of hydrogen-bond acceptors (Lipinski definition) is 6. The van der Waals surface area contributed by atoms with Crippen LogP contribution in [0, 0.1) is 5.92 Å². The highest BCUT2D eigenvalue weighted by atomic mass is 32.2. The van der Waals surface area contributed by atoms with E-state index in [0.717, 1.165) is 37.7 Å². The van der Waals surface area contributed by atoms with E-state index in [1.807, 2.05) is 30.2 Å². The maximum atomic E-state index is 4.59. The summed E-state index contributed by atoms with van der Waals surface area (Å²) in [5, 5.41) is 0. The molecule has 2 aliphatic heterocycles. The van der Waals surface area contributed by atoms with Crippen LogP contribution in [-0.2, 0) is 0 Å². The highest BCUT2D eigenvalue weighted by Crippen LogP contribution is 2.38. The van der Waals surface area contributed by atoms with Gasteiger partial charge in [-0.1, -0.05) is 13.0 Å². The lowest BCUT2D eigenvalue weighted by atomic mass is 10.0. The van der Waals surface area contributed by atoms with Gasteiger partial charge in [-0.2, -0.15) is 11.8 Å². The van der Waals surface area contributed by atoms with Gasteiger partial charge in [-0.3, -0.25) is 4.98 Å². The Bertz CT molecular complexity index is 674. The molecule has 2 saturated heterocycles. The third-order valence-electron chi connectivity index (χ3n) is 4.85.